The second kappa shape index (κ2) is 11.0. The lowest BCUT2D eigenvalue weighted by atomic mass is 9.99. The number of hydrogen-bond acceptors (Lipinski definition) is 5. The number of aliphatic hydroxyl groups is 1. The number of ether oxygens (including phenoxy) is 1. The predicted octanol–water partition coefficient (Wildman–Crippen LogP) is 3.67. The number of methoxy groups -OCH3 is 1. The van der Waals surface area contributed by atoms with Gasteiger partial charge in [0.05, 0.1) is 7.11 Å². The lowest BCUT2D eigenvalue weighted by Crippen LogP contribution is -2.50. The lowest BCUT2D eigenvalue weighted by Gasteiger charge is -2.27. The summed E-state index contributed by atoms with van der Waals surface area (Å²) in [5, 5.41) is 16.7. The molecule has 2 rings (SSSR count). The smallest absolute Gasteiger partial charge is 0.328 e. The van der Waals surface area contributed by atoms with E-state index in [1.54, 1.807) is 36.4 Å². The molecule has 0 saturated heterocycles. The second-order valence-corrected chi connectivity index (χ2v) is 8.11. The first-order chi connectivity index (χ1) is 13.8. The fraction of sp³-hybridized carbons (Fsp3) is 0.364. The maximum absolute atomic E-state index is 13.1. The molecule has 0 radical (unpaired) electrons. The first-order valence-electron chi connectivity index (χ1n) is 9.45. The van der Waals surface area contributed by atoms with Crippen LogP contribution in [0.2, 0.25) is 0 Å². The van der Waals surface area contributed by atoms with Gasteiger partial charge in [-0.1, -0.05) is 60.1 Å². The van der Waals surface area contributed by atoms with Crippen molar-refractivity contribution in [1.29, 1.82) is 0 Å². The van der Waals surface area contributed by atoms with E-state index in [0.717, 1.165) is 4.47 Å². The van der Waals surface area contributed by atoms with Crippen molar-refractivity contribution >= 4 is 33.5 Å². The minimum absolute atomic E-state index is 0.177. The Morgan fingerprint density at radius 2 is 1.69 bits per heavy atom. The highest BCUT2D eigenvalue weighted by atomic mass is 79.9. The Bertz CT molecular complexity index is 796. The number of anilines is 1. The highest BCUT2D eigenvalue weighted by Gasteiger charge is 2.32. The molecule has 156 valence electrons. The number of nitrogens with one attached hydrogen (secondary N) is 2. The van der Waals surface area contributed by atoms with Crippen molar-refractivity contribution in [2.45, 2.75) is 38.5 Å². The van der Waals surface area contributed by atoms with Crippen LogP contribution in [-0.4, -0.2) is 36.2 Å². The lowest BCUT2D eigenvalue weighted by molar-refractivity contribution is -0.146. The molecule has 0 fully saturated rings. The Labute approximate surface area is 179 Å². The molecule has 1 amide bonds. The number of benzene rings is 2. The summed E-state index contributed by atoms with van der Waals surface area (Å²) in [6.45, 7) is 3.91. The first kappa shape index (κ1) is 22.9. The topological polar surface area (TPSA) is 87.7 Å². The van der Waals surface area contributed by atoms with Crippen LogP contribution in [0.5, 0.6) is 0 Å². The molecule has 0 aliphatic rings. The van der Waals surface area contributed by atoms with Crippen LogP contribution in [0.3, 0.4) is 0 Å². The number of halogens is 1. The van der Waals surface area contributed by atoms with Crippen molar-refractivity contribution in [3.05, 3.63) is 64.6 Å². The molecule has 6 nitrogen and oxygen atoms in total. The normalized spacial score (nSPS) is 14.0. The number of aliphatic hydroxyl groups excluding tert-OH is 1. The molecule has 3 atom stereocenters. The highest BCUT2D eigenvalue weighted by Crippen LogP contribution is 2.22. The summed E-state index contributed by atoms with van der Waals surface area (Å²) < 4.78 is 5.73. The quantitative estimate of drug-likeness (QED) is 0.494. The van der Waals surface area contributed by atoms with Crippen molar-refractivity contribution in [3.8, 4) is 0 Å². The van der Waals surface area contributed by atoms with Crippen molar-refractivity contribution < 1.29 is 19.4 Å². The van der Waals surface area contributed by atoms with E-state index in [-0.39, 0.29) is 5.92 Å². The third-order valence-electron chi connectivity index (χ3n) is 4.41. The summed E-state index contributed by atoms with van der Waals surface area (Å²) in [7, 11) is 1.29. The van der Waals surface area contributed by atoms with Gasteiger partial charge in [0.25, 0.3) is 0 Å². The van der Waals surface area contributed by atoms with Crippen molar-refractivity contribution in [2.24, 2.45) is 5.92 Å². The molecule has 29 heavy (non-hydrogen) atoms. The molecule has 0 aliphatic heterocycles. The van der Waals surface area contributed by atoms with E-state index >= 15 is 0 Å². The zero-order valence-corrected chi connectivity index (χ0v) is 18.3. The van der Waals surface area contributed by atoms with Gasteiger partial charge in [0.2, 0.25) is 5.91 Å². The molecule has 2 aromatic rings. The van der Waals surface area contributed by atoms with E-state index in [1.807, 2.05) is 32.0 Å². The van der Waals surface area contributed by atoms with Crippen LogP contribution in [-0.2, 0) is 14.3 Å². The van der Waals surface area contributed by atoms with E-state index in [4.69, 9.17) is 4.74 Å². The largest absolute Gasteiger partial charge is 0.467 e. The zero-order chi connectivity index (χ0) is 21.4. The van der Waals surface area contributed by atoms with E-state index in [2.05, 4.69) is 26.6 Å². The maximum atomic E-state index is 13.1. The SMILES string of the molecule is COC(=O)[C@H](CC(C)C)NC(=O)[C@@H](Nc1ccc(Br)cc1)[C@@H](O)c1ccccc1. The maximum Gasteiger partial charge on any atom is 0.328 e. The molecular weight excluding hydrogens is 436 g/mol. The Hall–Kier alpha value is -2.38. The summed E-state index contributed by atoms with van der Waals surface area (Å²) >= 11 is 3.38. The summed E-state index contributed by atoms with van der Waals surface area (Å²) in [5.74, 6) is -0.819. The summed E-state index contributed by atoms with van der Waals surface area (Å²) in [6, 6.07) is 14.4. The van der Waals surface area contributed by atoms with Crippen LogP contribution >= 0.6 is 15.9 Å². The molecule has 2 aromatic carbocycles. The van der Waals surface area contributed by atoms with Crippen LogP contribution in [0.15, 0.2) is 59.1 Å². The van der Waals surface area contributed by atoms with Gasteiger partial charge < -0.3 is 20.5 Å². The average molecular weight is 463 g/mol. The number of esters is 1. The third kappa shape index (κ3) is 6.87. The van der Waals surface area contributed by atoms with Gasteiger partial charge in [-0.15, -0.1) is 0 Å². The van der Waals surface area contributed by atoms with Crippen molar-refractivity contribution in [3.63, 3.8) is 0 Å². The van der Waals surface area contributed by atoms with Gasteiger partial charge in [0.1, 0.15) is 18.2 Å². The van der Waals surface area contributed by atoms with E-state index in [0.29, 0.717) is 17.7 Å². The zero-order valence-electron chi connectivity index (χ0n) is 16.8. The summed E-state index contributed by atoms with van der Waals surface area (Å²) in [4.78, 5) is 25.2. The first-order valence-corrected chi connectivity index (χ1v) is 10.2. The Morgan fingerprint density at radius 1 is 1.07 bits per heavy atom. The molecule has 3 N–H and O–H groups in total. The molecule has 0 aromatic heterocycles. The standard InChI is InChI=1S/C22H27BrN2O4/c1-14(2)13-18(22(28)29-3)25-21(27)19(20(26)15-7-5-4-6-8-15)24-17-11-9-16(23)10-12-17/h4-12,14,18-20,24,26H,13H2,1-3H3,(H,25,27)/t18-,19-,20-/m0/s1. The molecule has 0 heterocycles. The van der Waals surface area contributed by atoms with Gasteiger partial charge in [0.15, 0.2) is 0 Å². The number of hydrogen-bond donors (Lipinski definition) is 3. The average Bonchev–Trinajstić information content (AvgIpc) is 2.72. The molecule has 0 bridgehead atoms. The molecular formula is C22H27BrN2O4. The van der Waals surface area contributed by atoms with Gasteiger partial charge in [-0.05, 0) is 42.2 Å². The molecule has 0 saturated carbocycles. The molecule has 0 aliphatic carbocycles. The van der Waals surface area contributed by atoms with Crippen molar-refractivity contribution in [1.82, 2.24) is 5.32 Å². The van der Waals surface area contributed by atoms with Crippen LogP contribution in [0, 0.1) is 5.92 Å². The highest BCUT2D eigenvalue weighted by molar-refractivity contribution is 9.10. The fourth-order valence-corrected chi connectivity index (χ4v) is 3.21. The van der Waals surface area contributed by atoms with Crippen molar-refractivity contribution in [2.75, 3.05) is 12.4 Å². The van der Waals surface area contributed by atoms with Crippen LogP contribution in [0.25, 0.3) is 0 Å². The third-order valence-corrected chi connectivity index (χ3v) is 4.94. The van der Waals surface area contributed by atoms with Gasteiger partial charge in [-0.3, -0.25) is 4.79 Å². The summed E-state index contributed by atoms with van der Waals surface area (Å²) in [6.07, 6.45) is -0.678. The molecule has 0 unspecified atom stereocenters. The minimum atomic E-state index is -1.11. The number of carbonyl (C=O) groups is 2. The van der Waals surface area contributed by atoms with Gasteiger partial charge >= 0.3 is 5.97 Å². The second-order valence-electron chi connectivity index (χ2n) is 7.20. The van der Waals surface area contributed by atoms with E-state index in [1.165, 1.54) is 7.11 Å². The molecule has 0 spiro atoms. The Morgan fingerprint density at radius 3 is 2.24 bits per heavy atom. The predicted molar refractivity (Wildman–Crippen MR) is 116 cm³/mol. The minimum Gasteiger partial charge on any atom is -0.467 e. The van der Waals surface area contributed by atoms with Gasteiger partial charge in [0, 0.05) is 10.2 Å². The van der Waals surface area contributed by atoms with E-state index < -0.39 is 30.1 Å². The number of amides is 1. The van der Waals surface area contributed by atoms with Crippen LogP contribution < -0.4 is 10.6 Å². The van der Waals surface area contributed by atoms with Gasteiger partial charge in [-0.25, -0.2) is 4.79 Å². The van der Waals surface area contributed by atoms with Gasteiger partial charge in [-0.2, -0.15) is 0 Å². The monoisotopic (exact) mass is 462 g/mol. The summed E-state index contributed by atoms with van der Waals surface area (Å²) in [5.41, 5.74) is 1.26. The van der Waals surface area contributed by atoms with Crippen LogP contribution in [0.1, 0.15) is 31.9 Å². The number of carbonyl (C=O) groups excluding carboxylic acids is 2. The molecule has 7 heteroatoms. The fourth-order valence-electron chi connectivity index (χ4n) is 2.95. The number of rotatable bonds is 9. The van der Waals surface area contributed by atoms with Crippen LogP contribution in [0.4, 0.5) is 5.69 Å². The Balaban J connectivity index is 2.27. The Kier molecular flexibility index (Phi) is 8.67. The van der Waals surface area contributed by atoms with E-state index in [9.17, 15) is 14.7 Å².